The van der Waals surface area contributed by atoms with Crippen LogP contribution in [0.25, 0.3) is 11.4 Å². The first-order valence-electron chi connectivity index (χ1n) is 9.05. The lowest BCUT2D eigenvalue weighted by atomic mass is 10.0. The first-order chi connectivity index (χ1) is 13.5. The van der Waals surface area contributed by atoms with Crippen molar-refractivity contribution in [1.29, 1.82) is 0 Å². The summed E-state index contributed by atoms with van der Waals surface area (Å²) in [6, 6.07) is 12.0. The van der Waals surface area contributed by atoms with E-state index in [0.29, 0.717) is 11.7 Å². The molecule has 1 amide bonds. The van der Waals surface area contributed by atoms with Gasteiger partial charge in [-0.1, -0.05) is 49.9 Å². The first kappa shape index (κ1) is 20.5. The summed E-state index contributed by atoms with van der Waals surface area (Å²) >= 11 is 4.69. The van der Waals surface area contributed by atoms with Crippen molar-refractivity contribution in [1.82, 2.24) is 19.7 Å². The normalized spacial score (nSPS) is 11.0. The van der Waals surface area contributed by atoms with Crippen LogP contribution in [0, 0.1) is 0 Å². The second kappa shape index (κ2) is 9.34. The molecule has 2 aromatic heterocycles. The number of carbonyl (C=O) groups is 1. The van der Waals surface area contributed by atoms with E-state index in [0.717, 1.165) is 27.6 Å². The zero-order valence-electron chi connectivity index (χ0n) is 16.0. The number of hydrogen-bond acceptors (Lipinski definition) is 5. The van der Waals surface area contributed by atoms with E-state index >= 15 is 0 Å². The van der Waals surface area contributed by atoms with Crippen LogP contribution < -0.4 is 5.32 Å². The zero-order chi connectivity index (χ0) is 20.1. The zero-order valence-corrected chi connectivity index (χ0v) is 18.4. The van der Waals surface area contributed by atoms with Crippen LogP contribution in [0.5, 0.6) is 0 Å². The number of halogens is 1. The van der Waals surface area contributed by atoms with Crippen molar-refractivity contribution in [3.05, 3.63) is 52.6 Å². The molecule has 2 heterocycles. The Morgan fingerprint density at radius 2 is 1.93 bits per heavy atom. The van der Waals surface area contributed by atoms with Gasteiger partial charge in [0.05, 0.1) is 5.75 Å². The molecule has 8 heteroatoms. The topological polar surface area (TPSA) is 72.7 Å². The Bertz CT molecular complexity index is 938. The number of amides is 1. The minimum Gasteiger partial charge on any atom is -0.310 e. The highest BCUT2D eigenvalue weighted by Gasteiger charge is 2.15. The number of nitrogens with one attached hydrogen (secondary N) is 1. The summed E-state index contributed by atoms with van der Waals surface area (Å²) < 4.78 is 2.89. The lowest BCUT2D eigenvalue weighted by Gasteiger charge is -2.09. The predicted octanol–water partition coefficient (Wildman–Crippen LogP) is 4.98. The second-order valence-corrected chi connectivity index (χ2v) is 8.38. The molecule has 0 atom stereocenters. The van der Waals surface area contributed by atoms with Gasteiger partial charge in [-0.3, -0.25) is 4.79 Å². The van der Waals surface area contributed by atoms with Gasteiger partial charge in [-0.05, 0) is 46.5 Å². The van der Waals surface area contributed by atoms with Gasteiger partial charge in [-0.2, -0.15) is 0 Å². The fourth-order valence-corrected chi connectivity index (χ4v) is 3.71. The van der Waals surface area contributed by atoms with E-state index in [-0.39, 0.29) is 11.7 Å². The summed E-state index contributed by atoms with van der Waals surface area (Å²) in [7, 11) is 0. The molecule has 3 rings (SSSR count). The molecule has 0 spiro atoms. The summed E-state index contributed by atoms with van der Waals surface area (Å²) in [5.74, 6) is 1.94. The number of pyridine rings is 1. The fourth-order valence-electron chi connectivity index (χ4n) is 2.67. The van der Waals surface area contributed by atoms with Gasteiger partial charge in [-0.15, -0.1) is 10.2 Å². The second-order valence-electron chi connectivity index (χ2n) is 6.53. The summed E-state index contributed by atoms with van der Waals surface area (Å²) in [6.07, 6.45) is 1.65. The number of anilines is 1. The summed E-state index contributed by atoms with van der Waals surface area (Å²) in [4.78, 5) is 16.4. The summed E-state index contributed by atoms with van der Waals surface area (Å²) in [6.45, 7) is 7.12. The average molecular weight is 460 g/mol. The number of aromatic nitrogens is 4. The van der Waals surface area contributed by atoms with Crippen LogP contribution >= 0.6 is 27.7 Å². The van der Waals surface area contributed by atoms with Gasteiger partial charge in [-0.25, -0.2) is 4.98 Å². The Morgan fingerprint density at radius 3 is 2.54 bits per heavy atom. The highest BCUT2D eigenvalue weighted by Crippen LogP contribution is 2.25. The Morgan fingerprint density at radius 1 is 1.18 bits per heavy atom. The van der Waals surface area contributed by atoms with Gasteiger partial charge >= 0.3 is 0 Å². The fraction of sp³-hybridized carbons (Fsp3) is 0.300. The number of hydrogen-bond donors (Lipinski definition) is 1. The smallest absolute Gasteiger partial charge is 0.236 e. The van der Waals surface area contributed by atoms with Crippen LogP contribution in [0.15, 0.2) is 52.2 Å². The van der Waals surface area contributed by atoms with Crippen molar-refractivity contribution in [3.63, 3.8) is 0 Å². The average Bonchev–Trinajstić information content (AvgIpc) is 3.11. The third-order valence-corrected chi connectivity index (χ3v) is 5.63. The van der Waals surface area contributed by atoms with Crippen molar-refractivity contribution in [2.24, 2.45) is 0 Å². The molecule has 0 aliphatic rings. The van der Waals surface area contributed by atoms with E-state index < -0.39 is 0 Å². The maximum Gasteiger partial charge on any atom is 0.236 e. The maximum absolute atomic E-state index is 12.2. The Kier molecular flexibility index (Phi) is 6.85. The van der Waals surface area contributed by atoms with Crippen LogP contribution in [-0.2, 0) is 11.3 Å². The van der Waals surface area contributed by atoms with E-state index in [4.69, 9.17) is 0 Å². The van der Waals surface area contributed by atoms with Crippen molar-refractivity contribution in [3.8, 4) is 11.4 Å². The van der Waals surface area contributed by atoms with Crippen LogP contribution in [-0.4, -0.2) is 31.4 Å². The van der Waals surface area contributed by atoms with Crippen molar-refractivity contribution >= 4 is 39.4 Å². The molecule has 3 aromatic rings. The monoisotopic (exact) mass is 459 g/mol. The SMILES string of the molecule is CCn1c(SCC(=O)Nc2ccc(Br)cn2)nnc1-c1ccc(C(C)C)cc1. The van der Waals surface area contributed by atoms with Crippen molar-refractivity contribution < 1.29 is 4.79 Å². The van der Waals surface area contributed by atoms with Gasteiger partial charge in [0.2, 0.25) is 5.91 Å². The molecule has 0 saturated heterocycles. The lowest BCUT2D eigenvalue weighted by molar-refractivity contribution is -0.113. The van der Waals surface area contributed by atoms with E-state index in [1.165, 1.54) is 17.3 Å². The molecule has 0 bridgehead atoms. The van der Waals surface area contributed by atoms with Gasteiger partial charge in [0.1, 0.15) is 5.82 Å². The molecule has 0 fully saturated rings. The molecule has 0 radical (unpaired) electrons. The molecule has 0 unspecified atom stereocenters. The van der Waals surface area contributed by atoms with Gasteiger partial charge in [0.25, 0.3) is 0 Å². The summed E-state index contributed by atoms with van der Waals surface area (Å²) in [5, 5.41) is 12.1. The standard InChI is InChI=1S/C20H22BrN5OS/c1-4-26-19(15-7-5-14(6-8-15)13(2)3)24-25-20(26)28-12-18(27)23-17-10-9-16(21)11-22-17/h5-11,13H,4,12H2,1-3H3,(H,22,23,27). The first-order valence-corrected chi connectivity index (χ1v) is 10.8. The third-order valence-electron chi connectivity index (χ3n) is 4.20. The largest absolute Gasteiger partial charge is 0.310 e. The van der Waals surface area contributed by atoms with Gasteiger partial charge in [0, 0.05) is 22.8 Å². The summed E-state index contributed by atoms with van der Waals surface area (Å²) in [5.41, 5.74) is 2.31. The van der Waals surface area contributed by atoms with E-state index in [2.05, 4.69) is 74.5 Å². The van der Waals surface area contributed by atoms with Crippen molar-refractivity contribution in [2.75, 3.05) is 11.1 Å². The van der Waals surface area contributed by atoms with E-state index in [9.17, 15) is 4.79 Å². The molecular weight excluding hydrogens is 438 g/mol. The Hall–Kier alpha value is -2.19. The van der Waals surface area contributed by atoms with Crippen LogP contribution in [0.4, 0.5) is 5.82 Å². The predicted molar refractivity (Wildman–Crippen MR) is 117 cm³/mol. The highest BCUT2D eigenvalue weighted by atomic mass is 79.9. The maximum atomic E-state index is 12.2. The Balaban J connectivity index is 1.68. The molecule has 28 heavy (non-hydrogen) atoms. The van der Waals surface area contributed by atoms with Gasteiger partial charge < -0.3 is 9.88 Å². The van der Waals surface area contributed by atoms with E-state index in [1.54, 1.807) is 12.3 Å². The van der Waals surface area contributed by atoms with Crippen LogP contribution in [0.3, 0.4) is 0 Å². The molecular formula is C20H22BrN5OS. The molecule has 6 nitrogen and oxygen atoms in total. The number of rotatable bonds is 7. The Labute approximate surface area is 177 Å². The molecule has 1 aromatic carbocycles. The minimum absolute atomic E-state index is 0.131. The quantitative estimate of drug-likeness (QED) is 0.504. The molecule has 0 aliphatic heterocycles. The van der Waals surface area contributed by atoms with Crippen molar-refractivity contribution in [2.45, 2.75) is 38.4 Å². The third kappa shape index (κ3) is 4.99. The number of nitrogens with zero attached hydrogens (tertiary/aromatic N) is 4. The molecule has 1 N–H and O–H groups in total. The van der Waals surface area contributed by atoms with E-state index in [1.807, 2.05) is 17.6 Å². The number of benzene rings is 1. The minimum atomic E-state index is -0.131. The number of carbonyl (C=O) groups excluding carboxylic acids is 1. The lowest BCUT2D eigenvalue weighted by Crippen LogP contribution is -2.15. The molecule has 146 valence electrons. The molecule has 0 saturated carbocycles. The van der Waals surface area contributed by atoms with Crippen LogP contribution in [0.2, 0.25) is 0 Å². The van der Waals surface area contributed by atoms with Gasteiger partial charge in [0.15, 0.2) is 11.0 Å². The highest BCUT2D eigenvalue weighted by molar-refractivity contribution is 9.10. The van der Waals surface area contributed by atoms with Crippen LogP contribution in [0.1, 0.15) is 32.3 Å². The number of thioether (sulfide) groups is 1. The molecule has 0 aliphatic carbocycles.